The lowest BCUT2D eigenvalue weighted by Gasteiger charge is -2.41. The Morgan fingerprint density at radius 3 is 2.59 bits per heavy atom. The van der Waals surface area contributed by atoms with Crippen molar-refractivity contribution >= 4 is 0 Å². The summed E-state index contributed by atoms with van der Waals surface area (Å²) in [6.45, 7) is 6.93. The van der Waals surface area contributed by atoms with E-state index in [1.165, 1.54) is 58.2 Å². The SMILES string of the molecule is CCCN(C1CC1)C1(CN)CCN(C2CC2)C1. The monoisotopic (exact) mass is 237 g/mol. The summed E-state index contributed by atoms with van der Waals surface area (Å²) in [6.07, 6.45) is 8.24. The van der Waals surface area contributed by atoms with E-state index in [2.05, 4.69) is 16.7 Å². The lowest BCUT2D eigenvalue weighted by molar-refractivity contribution is 0.0886. The molecule has 0 spiro atoms. The summed E-state index contributed by atoms with van der Waals surface area (Å²) in [6, 6.07) is 1.77. The molecule has 3 aliphatic rings. The Kier molecular flexibility index (Phi) is 3.18. The first kappa shape index (κ1) is 11.9. The Bertz CT molecular complexity index is 273. The van der Waals surface area contributed by atoms with Gasteiger partial charge in [0.15, 0.2) is 0 Å². The van der Waals surface area contributed by atoms with Gasteiger partial charge in [0.05, 0.1) is 0 Å². The Labute approximate surface area is 105 Å². The lowest BCUT2D eigenvalue weighted by atomic mass is 9.95. The molecule has 1 aliphatic heterocycles. The molecule has 3 heteroatoms. The Morgan fingerprint density at radius 1 is 1.29 bits per heavy atom. The Balaban J connectivity index is 1.70. The normalized spacial score (nSPS) is 34.8. The first-order chi connectivity index (χ1) is 8.29. The topological polar surface area (TPSA) is 32.5 Å². The largest absolute Gasteiger partial charge is 0.329 e. The zero-order chi connectivity index (χ0) is 11.9. The first-order valence-corrected chi connectivity index (χ1v) is 7.50. The summed E-state index contributed by atoms with van der Waals surface area (Å²) in [4.78, 5) is 5.48. The van der Waals surface area contributed by atoms with Crippen LogP contribution in [0.4, 0.5) is 0 Å². The van der Waals surface area contributed by atoms with Crippen molar-refractivity contribution in [1.82, 2.24) is 9.80 Å². The minimum Gasteiger partial charge on any atom is -0.329 e. The van der Waals surface area contributed by atoms with Crippen molar-refractivity contribution in [2.24, 2.45) is 5.73 Å². The molecule has 1 heterocycles. The summed E-state index contributed by atoms with van der Waals surface area (Å²) < 4.78 is 0. The van der Waals surface area contributed by atoms with E-state index < -0.39 is 0 Å². The van der Waals surface area contributed by atoms with Crippen LogP contribution in [0.15, 0.2) is 0 Å². The van der Waals surface area contributed by atoms with E-state index in [9.17, 15) is 0 Å². The summed E-state index contributed by atoms with van der Waals surface area (Å²) in [5.74, 6) is 0. The van der Waals surface area contributed by atoms with Crippen molar-refractivity contribution in [1.29, 1.82) is 0 Å². The third-order valence-electron chi connectivity index (χ3n) is 4.87. The molecule has 3 fully saturated rings. The number of nitrogens with zero attached hydrogens (tertiary/aromatic N) is 2. The second kappa shape index (κ2) is 4.52. The van der Waals surface area contributed by atoms with Crippen LogP contribution in [0.1, 0.15) is 45.4 Å². The molecule has 2 saturated carbocycles. The molecular weight excluding hydrogens is 210 g/mol. The van der Waals surface area contributed by atoms with Gasteiger partial charge in [-0.05, 0) is 45.1 Å². The van der Waals surface area contributed by atoms with Crippen molar-refractivity contribution in [2.75, 3.05) is 26.2 Å². The molecule has 1 saturated heterocycles. The van der Waals surface area contributed by atoms with Crippen molar-refractivity contribution in [3.8, 4) is 0 Å². The van der Waals surface area contributed by atoms with Gasteiger partial charge in [0.2, 0.25) is 0 Å². The van der Waals surface area contributed by atoms with Gasteiger partial charge in [-0.1, -0.05) is 6.92 Å². The lowest BCUT2D eigenvalue weighted by Crippen LogP contribution is -2.57. The van der Waals surface area contributed by atoms with Gasteiger partial charge in [0.1, 0.15) is 0 Å². The van der Waals surface area contributed by atoms with Crippen molar-refractivity contribution in [3.05, 3.63) is 0 Å². The summed E-state index contributed by atoms with van der Waals surface area (Å²) >= 11 is 0. The zero-order valence-electron chi connectivity index (χ0n) is 11.2. The van der Waals surface area contributed by atoms with E-state index in [0.717, 1.165) is 18.6 Å². The number of rotatable bonds is 6. The van der Waals surface area contributed by atoms with Crippen LogP contribution in [-0.2, 0) is 0 Å². The number of hydrogen-bond donors (Lipinski definition) is 1. The Morgan fingerprint density at radius 2 is 2.06 bits per heavy atom. The molecule has 2 aliphatic carbocycles. The smallest absolute Gasteiger partial charge is 0.0473 e. The van der Waals surface area contributed by atoms with Gasteiger partial charge in [0.25, 0.3) is 0 Å². The van der Waals surface area contributed by atoms with Crippen LogP contribution in [-0.4, -0.2) is 53.6 Å². The van der Waals surface area contributed by atoms with Gasteiger partial charge >= 0.3 is 0 Å². The molecule has 3 nitrogen and oxygen atoms in total. The van der Waals surface area contributed by atoms with Crippen molar-refractivity contribution in [3.63, 3.8) is 0 Å². The van der Waals surface area contributed by atoms with Crippen LogP contribution in [0.2, 0.25) is 0 Å². The molecule has 0 bridgehead atoms. The van der Waals surface area contributed by atoms with Gasteiger partial charge < -0.3 is 5.73 Å². The Hall–Kier alpha value is -0.120. The molecule has 3 rings (SSSR count). The van der Waals surface area contributed by atoms with Crippen LogP contribution in [0, 0.1) is 0 Å². The molecule has 98 valence electrons. The van der Waals surface area contributed by atoms with E-state index >= 15 is 0 Å². The van der Waals surface area contributed by atoms with Gasteiger partial charge in [-0.2, -0.15) is 0 Å². The maximum atomic E-state index is 6.18. The quantitative estimate of drug-likeness (QED) is 0.758. The van der Waals surface area contributed by atoms with Crippen LogP contribution in [0.25, 0.3) is 0 Å². The average molecular weight is 237 g/mol. The molecule has 2 N–H and O–H groups in total. The molecule has 17 heavy (non-hydrogen) atoms. The second-order valence-electron chi connectivity index (χ2n) is 6.30. The number of likely N-dealkylation sites (tertiary alicyclic amines) is 1. The minimum atomic E-state index is 0.319. The highest BCUT2D eigenvalue weighted by molar-refractivity contribution is 5.07. The maximum absolute atomic E-state index is 6.18. The van der Waals surface area contributed by atoms with Gasteiger partial charge in [-0.25, -0.2) is 0 Å². The summed E-state index contributed by atoms with van der Waals surface area (Å²) in [5.41, 5.74) is 6.50. The maximum Gasteiger partial charge on any atom is 0.0473 e. The molecule has 1 atom stereocenters. The standard InChI is InChI=1S/C14H27N3/c1-2-8-17(13-5-6-13)14(10-15)7-9-16(11-14)12-3-4-12/h12-13H,2-11,15H2,1H3. The average Bonchev–Trinajstić information content (AvgIpc) is 3.24. The molecular formula is C14H27N3. The van der Waals surface area contributed by atoms with Crippen molar-refractivity contribution < 1.29 is 0 Å². The highest BCUT2D eigenvalue weighted by atomic mass is 15.3. The molecule has 0 aromatic carbocycles. The number of nitrogens with two attached hydrogens (primary N) is 1. The molecule has 0 radical (unpaired) electrons. The second-order valence-corrected chi connectivity index (χ2v) is 6.30. The molecule has 0 amide bonds. The first-order valence-electron chi connectivity index (χ1n) is 7.50. The van der Waals surface area contributed by atoms with Gasteiger partial charge in [0, 0.05) is 37.3 Å². The fourth-order valence-corrected chi connectivity index (χ4v) is 3.59. The number of hydrogen-bond acceptors (Lipinski definition) is 3. The summed E-state index contributed by atoms with van der Waals surface area (Å²) in [7, 11) is 0. The van der Waals surface area contributed by atoms with Gasteiger partial charge in [-0.15, -0.1) is 0 Å². The van der Waals surface area contributed by atoms with E-state index in [4.69, 9.17) is 5.73 Å². The predicted molar refractivity (Wildman–Crippen MR) is 71.0 cm³/mol. The predicted octanol–water partition coefficient (Wildman–Crippen LogP) is 1.43. The molecule has 1 unspecified atom stereocenters. The van der Waals surface area contributed by atoms with E-state index in [1.807, 2.05) is 0 Å². The van der Waals surface area contributed by atoms with E-state index in [1.54, 1.807) is 0 Å². The third-order valence-corrected chi connectivity index (χ3v) is 4.87. The summed E-state index contributed by atoms with van der Waals surface area (Å²) in [5, 5.41) is 0. The fraction of sp³-hybridized carbons (Fsp3) is 1.00. The highest BCUT2D eigenvalue weighted by Crippen LogP contribution is 2.40. The van der Waals surface area contributed by atoms with E-state index in [0.29, 0.717) is 5.54 Å². The highest BCUT2D eigenvalue weighted by Gasteiger charge is 2.49. The van der Waals surface area contributed by atoms with Crippen LogP contribution >= 0.6 is 0 Å². The van der Waals surface area contributed by atoms with E-state index in [-0.39, 0.29) is 0 Å². The van der Waals surface area contributed by atoms with Crippen LogP contribution in [0.5, 0.6) is 0 Å². The van der Waals surface area contributed by atoms with Crippen molar-refractivity contribution in [2.45, 2.75) is 63.1 Å². The zero-order valence-corrected chi connectivity index (χ0v) is 11.2. The molecule has 0 aromatic rings. The molecule has 0 aromatic heterocycles. The fourth-order valence-electron chi connectivity index (χ4n) is 3.59. The third kappa shape index (κ3) is 2.25. The van der Waals surface area contributed by atoms with Crippen LogP contribution in [0.3, 0.4) is 0 Å². The van der Waals surface area contributed by atoms with Gasteiger partial charge in [-0.3, -0.25) is 9.80 Å². The van der Waals surface area contributed by atoms with Crippen LogP contribution < -0.4 is 5.73 Å². The minimum absolute atomic E-state index is 0.319.